The molecule has 0 fully saturated rings. The Morgan fingerprint density at radius 1 is 1.00 bits per heavy atom. The van der Waals surface area contributed by atoms with Crippen molar-refractivity contribution in [3.63, 3.8) is 0 Å². The van der Waals surface area contributed by atoms with Gasteiger partial charge in [-0.1, -0.05) is 53.4 Å². The molecule has 1 aromatic rings. The molecule has 0 aliphatic rings. The zero-order chi connectivity index (χ0) is 13.4. The first-order valence-electron chi connectivity index (χ1n) is 7.53. The SMILES string of the molecule is CCCCCCCC[n+]1cccc(C(C)(C)C)c1. The van der Waals surface area contributed by atoms with Crippen molar-refractivity contribution in [3.05, 3.63) is 30.1 Å². The van der Waals surface area contributed by atoms with E-state index >= 15 is 0 Å². The molecule has 102 valence electrons. The second-order valence-electron chi connectivity index (χ2n) is 6.35. The summed E-state index contributed by atoms with van der Waals surface area (Å²) in [5.74, 6) is 0. The van der Waals surface area contributed by atoms with Crippen molar-refractivity contribution in [2.24, 2.45) is 0 Å². The maximum Gasteiger partial charge on any atom is 0.172 e. The second-order valence-corrected chi connectivity index (χ2v) is 6.35. The van der Waals surface area contributed by atoms with Gasteiger partial charge in [0.15, 0.2) is 12.4 Å². The van der Waals surface area contributed by atoms with Crippen LogP contribution in [0.1, 0.15) is 71.8 Å². The predicted octanol–water partition coefficient (Wildman–Crippen LogP) is 4.63. The van der Waals surface area contributed by atoms with Crippen LogP contribution in [0, 0.1) is 0 Å². The number of rotatable bonds is 7. The smallest absolute Gasteiger partial charge is 0.172 e. The molecule has 1 rings (SSSR count). The molecular weight excluding hydrogens is 218 g/mol. The zero-order valence-electron chi connectivity index (χ0n) is 12.7. The first kappa shape index (κ1) is 15.2. The van der Waals surface area contributed by atoms with Crippen LogP contribution in [-0.2, 0) is 12.0 Å². The molecule has 0 radical (unpaired) electrons. The maximum absolute atomic E-state index is 2.35. The Balaban J connectivity index is 2.34. The largest absolute Gasteiger partial charge is 0.205 e. The third-order valence-electron chi connectivity index (χ3n) is 3.49. The van der Waals surface area contributed by atoms with Gasteiger partial charge in [0.2, 0.25) is 0 Å². The molecule has 1 nitrogen and oxygen atoms in total. The second kappa shape index (κ2) is 7.56. The number of aryl methyl sites for hydroxylation is 1. The van der Waals surface area contributed by atoms with Crippen LogP contribution in [0.25, 0.3) is 0 Å². The van der Waals surface area contributed by atoms with Crippen LogP contribution >= 0.6 is 0 Å². The van der Waals surface area contributed by atoms with Crippen LogP contribution in [-0.4, -0.2) is 0 Å². The molecule has 0 atom stereocenters. The van der Waals surface area contributed by atoms with Crippen LogP contribution in [0.2, 0.25) is 0 Å². The Hall–Kier alpha value is -0.850. The minimum absolute atomic E-state index is 0.254. The average Bonchev–Trinajstić information content (AvgIpc) is 2.33. The standard InChI is InChI=1S/C17H30N/c1-5-6-7-8-9-10-13-18-14-11-12-16(15-18)17(2,3)4/h11-12,14-15H,5-10,13H2,1-4H3/q+1. The van der Waals surface area contributed by atoms with E-state index in [0.717, 1.165) is 6.54 Å². The van der Waals surface area contributed by atoms with Crippen molar-refractivity contribution in [1.29, 1.82) is 0 Å². The van der Waals surface area contributed by atoms with Gasteiger partial charge in [0.05, 0.1) is 0 Å². The van der Waals surface area contributed by atoms with E-state index in [9.17, 15) is 0 Å². The van der Waals surface area contributed by atoms with Crippen LogP contribution < -0.4 is 4.57 Å². The van der Waals surface area contributed by atoms with E-state index in [1.807, 2.05) is 0 Å². The Morgan fingerprint density at radius 2 is 1.67 bits per heavy atom. The molecule has 0 spiro atoms. The van der Waals surface area contributed by atoms with E-state index in [0.29, 0.717) is 0 Å². The monoisotopic (exact) mass is 248 g/mol. The summed E-state index contributed by atoms with van der Waals surface area (Å²) in [7, 11) is 0. The molecule has 18 heavy (non-hydrogen) atoms. The van der Waals surface area contributed by atoms with Gasteiger partial charge in [-0.2, -0.15) is 0 Å². The number of pyridine rings is 1. The Morgan fingerprint density at radius 3 is 2.33 bits per heavy atom. The summed E-state index contributed by atoms with van der Waals surface area (Å²) in [6.07, 6.45) is 12.7. The van der Waals surface area contributed by atoms with Crippen molar-refractivity contribution in [2.45, 2.75) is 78.2 Å². The summed E-state index contributed by atoms with van der Waals surface area (Å²) < 4.78 is 2.35. The van der Waals surface area contributed by atoms with Gasteiger partial charge in [0.1, 0.15) is 6.54 Å². The van der Waals surface area contributed by atoms with Gasteiger partial charge in [-0.05, 0) is 17.9 Å². The number of aromatic nitrogens is 1. The van der Waals surface area contributed by atoms with Gasteiger partial charge in [-0.15, -0.1) is 0 Å². The van der Waals surface area contributed by atoms with E-state index < -0.39 is 0 Å². The highest BCUT2D eigenvalue weighted by Gasteiger charge is 2.16. The molecule has 0 aliphatic heterocycles. The maximum atomic E-state index is 2.35. The van der Waals surface area contributed by atoms with Crippen LogP contribution in [0.3, 0.4) is 0 Å². The number of hydrogen-bond donors (Lipinski definition) is 0. The highest BCUT2D eigenvalue weighted by molar-refractivity contribution is 5.15. The highest BCUT2D eigenvalue weighted by Crippen LogP contribution is 2.19. The lowest BCUT2D eigenvalue weighted by atomic mass is 9.88. The molecule has 0 unspecified atom stereocenters. The molecule has 0 saturated carbocycles. The quantitative estimate of drug-likeness (QED) is 0.489. The lowest BCUT2D eigenvalue weighted by Crippen LogP contribution is -2.34. The average molecular weight is 248 g/mol. The molecule has 0 amide bonds. The van der Waals surface area contributed by atoms with Crippen molar-refractivity contribution in [3.8, 4) is 0 Å². The van der Waals surface area contributed by atoms with E-state index in [2.05, 4.69) is 56.8 Å². The molecule has 0 aromatic carbocycles. The third-order valence-corrected chi connectivity index (χ3v) is 3.49. The van der Waals surface area contributed by atoms with E-state index in [1.165, 1.54) is 44.1 Å². The van der Waals surface area contributed by atoms with E-state index in [-0.39, 0.29) is 5.41 Å². The van der Waals surface area contributed by atoms with Crippen LogP contribution in [0.15, 0.2) is 24.5 Å². The van der Waals surface area contributed by atoms with Crippen LogP contribution in [0.5, 0.6) is 0 Å². The normalized spacial score (nSPS) is 11.8. The van der Waals surface area contributed by atoms with Crippen molar-refractivity contribution < 1.29 is 4.57 Å². The van der Waals surface area contributed by atoms with Gasteiger partial charge in [0.25, 0.3) is 0 Å². The molecule has 1 heterocycles. The molecule has 0 bridgehead atoms. The lowest BCUT2D eigenvalue weighted by molar-refractivity contribution is -0.697. The first-order chi connectivity index (χ1) is 8.54. The van der Waals surface area contributed by atoms with Crippen molar-refractivity contribution >= 4 is 0 Å². The minimum Gasteiger partial charge on any atom is -0.205 e. The summed E-state index contributed by atoms with van der Waals surface area (Å²) >= 11 is 0. The first-order valence-corrected chi connectivity index (χ1v) is 7.53. The van der Waals surface area contributed by atoms with Gasteiger partial charge < -0.3 is 0 Å². The molecule has 1 aromatic heterocycles. The molecule has 0 saturated heterocycles. The van der Waals surface area contributed by atoms with E-state index in [1.54, 1.807) is 0 Å². The summed E-state index contributed by atoms with van der Waals surface area (Å²) in [5.41, 5.74) is 1.68. The fourth-order valence-corrected chi connectivity index (χ4v) is 2.18. The van der Waals surface area contributed by atoms with Gasteiger partial charge >= 0.3 is 0 Å². The van der Waals surface area contributed by atoms with Gasteiger partial charge in [0, 0.05) is 18.1 Å². The minimum atomic E-state index is 0.254. The Kier molecular flexibility index (Phi) is 6.38. The van der Waals surface area contributed by atoms with Crippen molar-refractivity contribution in [1.82, 2.24) is 0 Å². The van der Waals surface area contributed by atoms with Crippen molar-refractivity contribution in [2.75, 3.05) is 0 Å². The number of unbranched alkanes of at least 4 members (excludes halogenated alkanes) is 5. The predicted molar refractivity (Wildman–Crippen MR) is 78.7 cm³/mol. The molecule has 0 N–H and O–H groups in total. The molecule has 1 heteroatoms. The number of hydrogen-bond acceptors (Lipinski definition) is 0. The fourth-order valence-electron chi connectivity index (χ4n) is 2.18. The molecular formula is C17H30N+. The Labute approximate surface area is 113 Å². The zero-order valence-corrected chi connectivity index (χ0v) is 12.7. The van der Waals surface area contributed by atoms with Gasteiger partial charge in [-0.3, -0.25) is 0 Å². The fraction of sp³-hybridized carbons (Fsp3) is 0.706. The third kappa shape index (κ3) is 5.66. The Bertz CT molecular complexity index is 336. The topological polar surface area (TPSA) is 3.88 Å². The van der Waals surface area contributed by atoms with Gasteiger partial charge in [-0.25, -0.2) is 4.57 Å². The lowest BCUT2D eigenvalue weighted by Gasteiger charge is -2.16. The summed E-state index contributed by atoms with van der Waals surface area (Å²) in [5, 5.41) is 0. The summed E-state index contributed by atoms with van der Waals surface area (Å²) in [4.78, 5) is 0. The van der Waals surface area contributed by atoms with Crippen LogP contribution in [0.4, 0.5) is 0 Å². The summed E-state index contributed by atoms with van der Waals surface area (Å²) in [6, 6.07) is 4.41. The highest BCUT2D eigenvalue weighted by atomic mass is 14.9. The molecule has 0 aliphatic carbocycles. The summed E-state index contributed by atoms with van der Waals surface area (Å²) in [6.45, 7) is 10.3. The van der Waals surface area contributed by atoms with E-state index in [4.69, 9.17) is 0 Å². The number of nitrogens with zero attached hydrogens (tertiary/aromatic N) is 1.